The summed E-state index contributed by atoms with van der Waals surface area (Å²) in [6.45, 7) is 5.58. The molecule has 0 bridgehead atoms. The molecule has 2 amide bonds. The Morgan fingerprint density at radius 3 is 2.17 bits per heavy atom. The van der Waals surface area contributed by atoms with Crippen LogP contribution < -0.4 is 0 Å². The van der Waals surface area contributed by atoms with E-state index in [0.717, 1.165) is 12.8 Å². The number of aliphatic hydroxyl groups excluding tert-OH is 1. The lowest BCUT2D eigenvalue weighted by Gasteiger charge is -2.35. The van der Waals surface area contributed by atoms with Gasteiger partial charge in [0.25, 0.3) is 0 Å². The van der Waals surface area contributed by atoms with Gasteiger partial charge < -0.3 is 20.0 Å². The van der Waals surface area contributed by atoms with E-state index in [4.69, 9.17) is 10.2 Å². The first-order chi connectivity index (χ1) is 8.28. The molecule has 6 heteroatoms. The Kier molecular flexibility index (Phi) is 6.68. The van der Waals surface area contributed by atoms with Crippen molar-refractivity contribution in [2.75, 3.05) is 26.7 Å². The molecular formula is C12H24N2O4. The molecule has 0 radical (unpaired) electrons. The van der Waals surface area contributed by atoms with E-state index in [-0.39, 0.29) is 19.2 Å². The van der Waals surface area contributed by atoms with Crippen LogP contribution in [0.15, 0.2) is 0 Å². The van der Waals surface area contributed by atoms with Crippen LogP contribution in [0.2, 0.25) is 0 Å². The normalized spacial score (nSPS) is 11.2. The summed E-state index contributed by atoms with van der Waals surface area (Å²) in [4.78, 5) is 25.9. The molecule has 2 N–H and O–H groups in total. The number of carbonyl (C=O) groups excluding carboxylic acids is 1. The molecule has 0 aromatic carbocycles. The summed E-state index contributed by atoms with van der Waals surface area (Å²) in [6, 6.07) is -0.370. The molecule has 0 fully saturated rings. The lowest BCUT2D eigenvalue weighted by Crippen LogP contribution is -2.55. The lowest BCUT2D eigenvalue weighted by molar-refractivity contribution is -0.147. The van der Waals surface area contributed by atoms with Crippen LogP contribution in [0, 0.1) is 0 Å². The van der Waals surface area contributed by atoms with E-state index in [2.05, 4.69) is 0 Å². The summed E-state index contributed by atoms with van der Waals surface area (Å²) in [6.07, 6.45) is 1.76. The molecule has 0 rings (SSSR count). The van der Waals surface area contributed by atoms with Crippen LogP contribution in [0.4, 0.5) is 4.79 Å². The van der Waals surface area contributed by atoms with E-state index in [1.165, 1.54) is 30.7 Å². The quantitative estimate of drug-likeness (QED) is 0.715. The number of carboxylic acid groups (broad SMARTS) is 1. The fraction of sp³-hybridized carbons (Fsp3) is 0.833. The van der Waals surface area contributed by atoms with E-state index >= 15 is 0 Å². The number of aliphatic hydroxyl groups is 1. The Morgan fingerprint density at radius 2 is 1.78 bits per heavy atom. The summed E-state index contributed by atoms with van der Waals surface area (Å²) in [7, 11) is 1.47. The number of nitrogens with zero attached hydrogens (tertiary/aromatic N) is 2. The zero-order chi connectivity index (χ0) is 14.3. The number of hydrogen-bond donors (Lipinski definition) is 2. The second kappa shape index (κ2) is 7.20. The minimum Gasteiger partial charge on any atom is -0.480 e. The van der Waals surface area contributed by atoms with Gasteiger partial charge in [-0.2, -0.15) is 0 Å². The predicted octanol–water partition coefficient (Wildman–Crippen LogP) is 0.996. The average molecular weight is 260 g/mol. The number of likely N-dealkylation sites (N-methyl/N-ethyl adjacent to an activating group) is 1. The van der Waals surface area contributed by atoms with E-state index < -0.39 is 11.5 Å². The molecule has 18 heavy (non-hydrogen) atoms. The smallest absolute Gasteiger partial charge is 0.329 e. The van der Waals surface area contributed by atoms with Crippen LogP contribution >= 0.6 is 0 Å². The molecule has 0 atom stereocenters. The molecule has 106 valence electrons. The van der Waals surface area contributed by atoms with E-state index in [1.54, 1.807) is 0 Å². The van der Waals surface area contributed by atoms with Crippen molar-refractivity contribution >= 4 is 12.0 Å². The highest BCUT2D eigenvalue weighted by atomic mass is 16.4. The van der Waals surface area contributed by atoms with Gasteiger partial charge in [-0.3, -0.25) is 0 Å². The summed E-state index contributed by atoms with van der Waals surface area (Å²) >= 11 is 0. The lowest BCUT2D eigenvalue weighted by atomic mass is 10.0. The third-order valence-electron chi connectivity index (χ3n) is 3.07. The van der Waals surface area contributed by atoms with Gasteiger partial charge in [0, 0.05) is 20.1 Å². The van der Waals surface area contributed by atoms with Crippen molar-refractivity contribution in [3.63, 3.8) is 0 Å². The number of rotatable bonds is 7. The second-order valence-electron chi connectivity index (χ2n) is 4.77. The van der Waals surface area contributed by atoms with Gasteiger partial charge in [0.05, 0.1) is 6.61 Å². The maximum Gasteiger partial charge on any atom is 0.329 e. The first kappa shape index (κ1) is 16.7. The second-order valence-corrected chi connectivity index (χ2v) is 4.77. The molecule has 0 heterocycles. The van der Waals surface area contributed by atoms with Crippen LogP contribution in [0.5, 0.6) is 0 Å². The van der Waals surface area contributed by atoms with E-state index in [0.29, 0.717) is 6.54 Å². The Balaban J connectivity index is 4.79. The topological polar surface area (TPSA) is 81.1 Å². The maximum absolute atomic E-state index is 12.2. The fourth-order valence-corrected chi connectivity index (χ4v) is 1.37. The molecule has 0 aliphatic carbocycles. The summed E-state index contributed by atoms with van der Waals surface area (Å²) < 4.78 is 0. The standard InChI is InChI=1S/C12H24N2O4/c1-5-6-7-14(8-9-15)11(18)13(4)12(2,3)10(16)17/h15H,5-9H2,1-4H3,(H,16,17). The Hall–Kier alpha value is -1.30. The number of carboxylic acids is 1. The van der Waals surface area contributed by atoms with Gasteiger partial charge in [-0.05, 0) is 20.3 Å². The third kappa shape index (κ3) is 4.18. The van der Waals surface area contributed by atoms with Crippen molar-refractivity contribution in [1.29, 1.82) is 0 Å². The number of aliphatic carboxylic acids is 1. The predicted molar refractivity (Wildman–Crippen MR) is 68.4 cm³/mol. The molecule has 0 unspecified atom stereocenters. The first-order valence-corrected chi connectivity index (χ1v) is 6.16. The number of hydrogen-bond acceptors (Lipinski definition) is 3. The SMILES string of the molecule is CCCCN(CCO)C(=O)N(C)C(C)(C)C(=O)O. The van der Waals surface area contributed by atoms with Crippen molar-refractivity contribution in [1.82, 2.24) is 9.80 Å². The van der Waals surface area contributed by atoms with Crippen LogP contribution in [0.3, 0.4) is 0 Å². The van der Waals surface area contributed by atoms with Gasteiger partial charge in [-0.25, -0.2) is 9.59 Å². The largest absolute Gasteiger partial charge is 0.480 e. The highest BCUT2D eigenvalue weighted by molar-refractivity contribution is 5.85. The van der Waals surface area contributed by atoms with Crippen LogP contribution in [-0.2, 0) is 4.79 Å². The number of amides is 2. The van der Waals surface area contributed by atoms with Gasteiger partial charge in [-0.15, -0.1) is 0 Å². The average Bonchev–Trinajstić information content (AvgIpc) is 2.32. The fourth-order valence-electron chi connectivity index (χ4n) is 1.37. The van der Waals surface area contributed by atoms with Crippen molar-refractivity contribution < 1.29 is 19.8 Å². The maximum atomic E-state index is 12.2. The molecular weight excluding hydrogens is 236 g/mol. The van der Waals surface area contributed by atoms with Crippen LogP contribution in [0.1, 0.15) is 33.6 Å². The summed E-state index contributed by atoms with van der Waals surface area (Å²) in [5.74, 6) is -1.06. The monoisotopic (exact) mass is 260 g/mol. The van der Waals surface area contributed by atoms with Gasteiger partial charge in [-0.1, -0.05) is 13.3 Å². The summed E-state index contributed by atoms with van der Waals surface area (Å²) in [5, 5.41) is 18.0. The van der Waals surface area contributed by atoms with Gasteiger partial charge in [0.1, 0.15) is 5.54 Å². The Morgan fingerprint density at radius 1 is 1.22 bits per heavy atom. The highest BCUT2D eigenvalue weighted by Gasteiger charge is 2.36. The van der Waals surface area contributed by atoms with Crippen molar-refractivity contribution in [3.8, 4) is 0 Å². The molecule has 0 aromatic rings. The highest BCUT2D eigenvalue weighted by Crippen LogP contribution is 2.15. The molecule has 6 nitrogen and oxygen atoms in total. The minimum atomic E-state index is -1.27. The summed E-state index contributed by atoms with van der Waals surface area (Å²) in [5.41, 5.74) is -1.27. The zero-order valence-corrected chi connectivity index (χ0v) is 11.6. The van der Waals surface area contributed by atoms with Crippen molar-refractivity contribution in [3.05, 3.63) is 0 Å². The molecule has 0 aromatic heterocycles. The molecule has 0 spiro atoms. The number of carbonyl (C=O) groups is 2. The molecule has 0 aliphatic rings. The van der Waals surface area contributed by atoms with E-state index in [1.807, 2.05) is 6.92 Å². The first-order valence-electron chi connectivity index (χ1n) is 6.16. The number of urea groups is 1. The third-order valence-corrected chi connectivity index (χ3v) is 3.07. The Labute approximate surface area is 108 Å². The minimum absolute atomic E-state index is 0.128. The van der Waals surface area contributed by atoms with E-state index in [9.17, 15) is 9.59 Å². The van der Waals surface area contributed by atoms with Crippen LogP contribution in [0.25, 0.3) is 0 Å². The van der Waals surface area contributed by atoms with Crippen molar-refractivity contribution in [2.45, 2.75) is 39.2 Å². The van der Waals surface area contributed by atoms with Gasteiger partial charge in [0.15, 0.2) is 0 Å². The molecule has 0 saturated heterocycles. The molecule has 0 aliphatic heterocycles. The number of unbranched alkanes of at least 4 members (excludes halogenated alkanes) is 1. The van der Waals surface area contributed by atoms with Gasteiger partial charge >= 0.3 is 12.0 Å². The van der Waals surface area contributed by atoms with Crippen LogP contribution in [-0.4, -0.2) is 64.3 Å². The Bertz CT molecular complexity index is 292. The van der Waals surface area contributed by atoms with Crippen molar-refractivity contribution in [2.24, 2.45) is 0 Å². The zero-order valence-electron chi connectivity index (χ0n) is 11.6. The molecule has 0 saturated carbocycles. The van der Waals surface area contributed by atoms with Gasteiger partial charge in [0.2, 0.25) is 0 Å².